The molecule has 2 N–H and O–H groups in total. The minimum absolute atomic E-state index is 0. The van der Waals surface area contributed by atoms with E-state index in [1.54, 1.807) is 12.6 Å². The molecule has 2 aliphatic rings. The lowest BCUT2D eigenvalue weighted by atomic mass is 10.1. The highest BCUT2D eigenvalue weighted by Gasteiger charge is 2.25. The quantitative estimate of drug-likeness (QED) is 0.264. The summed E-state index contributed by atoms with van der Waals surface area (Å²) in [5.74, 6) is 3.37. The standard InChI is InChI=1S/C22H35N7O2.HI/c1-2-21-27-26-17-29(21)11-8-23-22(24-14-18-7-13-30-16-18)25-15-19(20-6-5-12-31-20)28-9-3-4-10-28;/h5-6,12,17-19H,2-4,7-11,13-16H2,1H3,(H2,23,24,25);1H. The molecule has 2 atom stereocenters. The molecule has 0 radical (unpaired) electrons. The van der Waals surface area contributed by atoms with Crippen LogP contribution in [-0.2, 0) is 17.7 Å². The number of hydrogen-bond donors (Lipinski definition) is 2. The van der Waals surface area contributed by atoms with Gasteiger partial charge in [-0.1, -0.05) is 6.92 Å². The number of nitrogens with one attached hydrogen (secondary N) is 2. The third-order valence-electron chi connectivity index (χ3n) is 6.11. The van der Waals surface area contributed by atoms with E-state index in [9.17, 15) is 0 Å². The number of rotatable bonds is 10. The van der Waals surface area contributed by atoms with Crippen LogP contribution in [0.1, 0.15) is 43.8 Å². The first-order chi connectivity index (χ1) is 15.3. The van der Waals surface area contributed by atoms with Crippen molar-refractivity contribution in [3.05, 3.63) is 36.3 Å². The average Bonchev–Trinajstić information content (AvgIpc) is 3.59. The summed E-state index contributed by atoms with van der Waals surface area (Å²) in [6.45, 7) is 9.07. The fourth-order valence-electron chi connectivity index (χ4n) is 4.29. The summed E-state index contributed by atoms with van der Waals surface area (Å²) in [6, 6.07) is 4.20. The predicted molar refractivity (Wildman–Crippen MR) is 134 cm³/mol. The topological polar surface area (TPSA) is 92.7 Å². The minimum atomic E-state index is 0. The van der Waals surface area contributed by atoms with Gasteiger partial charge in [0.1, 0.15) is 17.9 Å². The van der Waals surface area contributed by atoms with Gasteiger partial charge in [0.25, 0.3) is 0 Å². The number of guanidine groups is 1. The molecule has 2 aliphatic heterocycles. The summed E-state index contributed by atoms with van der Waals surface area (Å²) >= 11 is 0. The fraction of sp³-hybridized carbons (Fsp3) is 0.682. The van der Waals surface area contributed by atoms with Crippen LogP contribution in [-0.4, -0.2) is 71.6 Å². The van der Waals surface area contributed by atoms with Crippen LogP contribution in [0, 0.1) is 5.92 Å². The molecule has 10 heteroatoms. The number of nitrogens with zero attached hydrogens (tertiary/aromatic N) is 5. The Morgan fingerprint density at radius 3 is 2.91 bits per heavy atom. The summed E-state index contributed by atoms with van der Waals surface area (Å²) < 4.78 is 13.4. The van der Waals surface area contributed by atoms with E-state index < -0.39 is 0 Å². The van der Waals surface area contributed by atoms with Gasteiger partial charge in [-0.05, 0) is 44.5 Å². The Hall–Kier alpha value is -1.66. The molecular weight excluding hydrogens is 521 g/mol. The van der Waals surface area contributed by atoms with E-state index >= 15 is 0 Å². The molecular formula is C22H36IN7O2. The lowest BCUT2D eigenvalue weighted by Gasteiger charge is -2.25. The largest absolute Gasteiger partial charge is 0.468 e. The molecule has 0 saturated carbocycles. The normalized spacial score (nSPS) is 20.3. The summed E-state index contributed by atoms with van der Waals surface area (Å²) in [5, 5.41) is 15.2. The number of likely N-dealkylation sites (tertiary alicyclic amines) is 1. The van der Waals surface area contributed by atoms with Gasteiger partial charge in [0, 0.05) is 38.6 Å². The van der Waals surface area contributed by atoms with Gasteiger partial charge in [-0.15, -0.1) is 34.2 Å². The highest BCUT2D eigenvalue weighted by atomic mass is 127. The maximum Gasteiger partial charge on any atom is 0.191 e. The van der Waals surface area contributed by atoms with Crippen molar-refractivity contribution in [3.8, 4) is 0 Å². The van der Waals surface area contributed by atoms with E-state index in [0.29, 0.717) is 12.5 Å². The van der Waals surface area contributed by atoms with Crippen molar-refractivity contribution >= 4 is 29.9 Å². The fourth-order valence-corrected chi connectivity index (χ4v) is 4.29. The third-order valence-corrected chi connectivity index (χ3v) is 6.11. The van der Waals surface area contributed by atoms with Gasteiger partial charge in [0.15, 0.2) is 5.96 Å². The summed E-state index contributed by atoms with van der Waals surface area (Å²) in [6.07, 6.45) is 8.01. The van der Waals surface area contributed by atoms with E-state index in [-0.39, 0.29) is 30.0 Å². The highest BCUT2D eigenvalue weighted by Crippen LogP contribution is 2.25. The third kappa shape index (κ3) is 6.92. The molecule has 0 spiro atoms. The number of aliphatic imine (C=N–C) groups is 1. The number of hydrogen-bond acceptors (Lipinski definition) is 6. The van der Waals surface area contributed by atoms with E-state index in [1.165, 1.54) is 12.8 Å². The first-order valence-corrected chi connectivity index (χ1v) is 11.6. The van der Waals surface area contributed by atoms with Crippen LogP contribution >= 0.6 is 24.0 Å². The Morgan fingerprint density at radius 2 is 2.19 bits per heavy atom. The van der Waals surface area contributed by atoms with Gasteiger partial charge in [-0.25, -0.2) is 0 Å². The molecule has 2 saturated heterocycles. The zero-order valence-corrected chi connectivity index (χ0v) is 21.2. The molecule has 4 heterocycles. The highest BCUT2D eigenvalue weighted by molar-refractivity contribution is 14.0. The minimum Gasteiger partial charge on any atom is -0.468 e. The van der Waals surface area contributed by atoms with Crippen molar-refractivity contribution in [2.24, 2.45) is 10.9 Å². The Morgan fingerprint density at radius 1 is 1.31 bits per heavy atom. The van der Waals surface area contributed by atoms with Gasteiger partial charge < -0.3 is 24.4 Å². The smallest absolute Gasteiger partial charge is 0.191 e. The average molecular weight is 557 g/mol. The SMILES string of the molecule is CCc1nncn1CCNC(=NCC(c1ccco1)N1CCCC1)NCC1CCOC1.I. The van der Waals surface area contributed by atoms with Crippen LogP contribution in [0.15, 0.2) is 34.1 Å². The van der Waals surface area contributed by atoms with E-state index in [1.807, 2.05) is 6.07 Å². The lowest BCUT2D eigenvalue weighted by molar-refractivity contribution is 0.186. The maximum absolute atomic E-state index is 5.75. The monoisotopic (exact) mass is 557 g/mol. The number of ether oxygens (including phenoxy) is 1. The van der Waals surface area contributed by atoms with Crippen molar-refractivity contribution in [3.63, 3.8) is 0 Å². The molecule has 2 aromatic heterocycles. The van der Waals surface area contributed by atoms with Gasteiger partial charge in [-0.3, -0.25) is 9.89 Å². The predicted octanol–water partition coefficient (Wildman–Crippen LogP) is 2.46. The van der Waals surface area contributed by atoms with Crippen molar-refractivity contribution in [2.45, 2.75) is 45.2 Å². The van der Waals surface area contributed by atoms with Crippen molar-refractivity contribution < 1.29 is 9.15 Å². The van der Waals surface area contributed by atoms with Gasteiger partial charge in [0.05, 0.1) is 25.5 Å². The molecule has 0 bridgehead atoms. The number of aromatic nitrogens is 3. The second-order valence-electron chi connectivity index (χ2n) is 8.29. The molecule has 32 heavy (non-hydrogen) atoms. The number of aryl methyl sites for hydroxylation is 1. The molecule has 0 amide bonds. The van der Waals surface area contributed by atoms with Crippen LogP contribution in [0.2, 0.25) is 0 Å². The van der Waals surface area contributed by atoms with E-state index in [0.717, 1.165) is 76.3 Å². The van der Waals surface area contributed by atoms with E-state index in [4.69, 9.17) is 14.1 Å². The van der Waals surface area contributed by atoms with Crippen molar-refractivity contribution in [1.82, 2.24) is 30.3 Å². The van der Waals surface area contributed by atoms with Crippen LogP contribution in [0.5, 0.6) is 0 Å². The summed E-state index contributed by atoms with van der Waals surface area (Å²) in [4.78, 5) is 7.44. The molecule has 4 rings (SSSR count). The molecule has 178 valence electrons. The Bertz CT molecular complexity index is 799. The number of furan rings is 1. The van der Waals surface area contributed by atoms with Gasteiger partial charge >= 0.3 is 0 Å². The zero-order chi connectivity index (χ0) is 21.3. The molecule has 2 unspecified atom stereocenters. The molecule has 2 fully saturated rings. The van der Waals surface area contributed by atoms with Crippen LogP contribution in [0.3, 0.4) is 0 Å². The Labute approximate surface area is 207 Å². The lowest BCUT2D eigenvalue weighted by Crippen LogP contribution is -2.42. The molecule has 0 aliphatic carbocycles. The van der Waals surface area contributed by atoms with Crippen molar-refractivity contribution in [1.29, 1.82) is 0 Å². The molecule has 0 aromatic carbocycles. The zero-order valence-electron chi connectivity index (χ0n) is 18.9. The van der Waals surface area contributed by atoms with Crippen molar-refractivity contribution in [2.75, 3.05) is 45.9 Å². The molecule has 9 nitrogen and oxygen atoms in total. The second kappa shape index (κ2) is 13.1. The Balaban J connectivity index is 0.00000289. The van der Waals surface area contributed by atoms with Crippen LogP contribution in [0.25, 0.3) is 0 Å². The number of halogens is 1. The first-order valence-electron chi connectivity index (χ1n) is 11.6. The van der Waals surface area contributed by atoms with Gasteiger partial charge in [0.2, 0.25) is 0 Å². The van der Waals surface area contributed by atoms with Gasteiger partial charge in [-0.2, -0.15) is 0 Å². The first kappa shape index (κ1) is 25.0. The molecule has 2 aromatic rings. The maximum atomic E-state index is 5.75. The second-order valence-corrected chi connectivity index (χ2v) is 8.29. The Kier molecular flexibility index (Phi) is 10.3. The summed E-state index contributed by atoms with van der Waals surface area (Å²) in [5.41, 5.74) is 0. The summed E-state index contributed by atoms with van der Waals surface area (Å²) in [7, 11) is 0. The van der Waals surface area contributed by atoms with E-state index in [2.05, 4.69) is 43.3 Å². The van der Waals surface area contributed by atoms with Crippen LogP contribution in [0.4, 0.5) is 0 Å². The van der Waals surface area contributed by atoms with Crippen LogP contribution < -0.4 is 10.6 Å².